The van der Waals surface area contributed by atoms with Crippen molar-refractivity contribution >= 4 is 11.4 Å². The Morgan fingerprint density at radius 3 is 2.63 bits per heavy atom. The number of hydrogen-bond donors (Lipinski definition) is 1. The average Bonchev–Trinajstić information content (AvgIpc) is 2.45. The molecule has 2 rings (SSSR count). The predicted molar refractivity (Wildman–Crippen MR) is 73.4 cm³/mol. The fourth-order valence-electron chi connectivity index (χ4n) is 1.96. The molecule has 0 fully saturated rings. The van der Waals surface area contributed by atoms with Crippen LogP contribution in [0.25, 0.3) is 0 Å². The number of aliphatic hydroxyl groups is 1. The van der Waals surface area contributed by atoms with E-state index in [0.717, 1.165) is 5.69 Å². The molecule has 100 valence electrons. The quantitative estimate of drug-likeness (QED) is 0.918. The lowest BCUT2D eigenvalue weighted by Gasteiger charge is -2.22. The number of hydrogen-bond acceptors (Lipinski definition) is 3. The Bertz CT molecular complexity index is 572. The van der Waals surface area contributed by atoms with Gasteiger partial charge in [0.05, 0.1) is 19.4 Å². The number of rotatable bonds is 4. The van der Waals surface area contributed by atoms with E-state index < -0.39 is 0 Å². The van der Waals surface area contributed by atoms with Crippen molar-refractivity contribution in [2.45, 2.75) is 6.61 Å². The summed E-state index contributed by atoms with van der Waals surface area (Å²) in [5.41, 5.74) is 2.03. The lowest BCUT2D eigenvalue weighted by molar-refractivity contribution is 0.281. The van der Waals surface area contributed by atoms with Crippen LogP contribution >= 0.6 is 0 Å². The Hall–Kier alpha value is -2.07. The highest BCUT2D eigenvalue weighted by Gasteiger charge is 2.11. The van der Waals surface area contributed by atoms with E-state index in [1.54, 1.807) is 13.2 Å². The van der Waals surface area contributed by atoms with Gasteiger partial charge >= 0.3 is 0 Å². The first kappa shape index (κ1) is 13.4. The topological polar surface area (TPSA) is 32.7 Å². The SMILES string of the molecule is COc1ccccc1N(C)c1cc(F)cc(CO)c1. The van der Waals surface area contributed by atoms with Crippen LogP contribution in [0.15, 0.2) is 42.5 Å². The molecule has 0 radical (unpaired) electrons. The van der Waals surface area contributed by atoms with Gasteiger partial charge in [-0.15, -0.1) is 0 Å². The second-order valence-electron chi connectivity index (χ2n) is 4.21. The van der Waals surface area contributed by atoms with Crippen LogP contribution in [-0.2, 0) is 6.61 Å². The van der Waals surface area contributed by atoms with Gasteiger partial charge in [0.2, 0.25) is 0 Å². The van der Waals surface area contributed by atoms with E-state index in [-0.39, 0.29) is 12.4 Å². The van der Waals surface area contributed by atoms with Crippen molar-refractivity contribution in [3.05, 3.63) is 53.8 Å². The van der Waals surface area contributed by atoms with Crippen LogP contribution in [0.3, 0.4) is 0 Å². The van der Waals surface area contributed by atoms with E-state index in [4.69, 9.17) is 9.84 Å². The molecule has 0 aromatic heterocycles. The summed E-state index contributed by atoms with van der Waals surface area (Å²) in [6.07, 6.45) is 0. The maximum absolute atomic E-state index is 13.5. The molecule has 0 aliphatic carbocycles. The van der Waals surface area contributed by atoms with Crippen molar-refractivity contribution in [1.82, 2.24) is 0 Å². The highest BCUT2D eigenvalue weighted by Crippen LogP contribution is 2.32. The number of aliphatic hydroxyl groups excluding tert-OH is 1. The fourth-order valence-corrected chi connectivity index (χ4v) is 1.96. The second-order valence-corrected chi connectivity index (χ2v) is 4.21. The van der Waals surface area contributed by atoms with Crippen LogP contribution < -0.4 is 9.64 Å². The number of benzene rings is 2. The Kier molecular flexibility index (Phi) is 4.02. The number of anilines is 2. The van der Waals surface area contributed by atoms with Gasteiger partial charge in [0, 0.05) is 12.7 Å². The summed E-state index contributed by atoms with van der Waals surface area (Å²) in [6.45, 7) is -0.190. The number of para-hydroxylation sites is 2. The zero-order valence-corrected chi connectivity index (χ0v) is 10.9. The molecular weight excluding hydrogens is 245 g/mol. The normalized spacial score (nSPS) is 10.3. The Balaban J connectivity index is 2.43. The first-order valence-electron chi connectivity index (χ1n) is 5.92. The number of ether oxygens (including phenoxy) is 1. The van der Waals surface area contributed by atoms with E-state index >= 15 is 0 Å². The van der Waals surface area contributed by atoms with Crippen LogP contribution in [-0.4, -0.2) is 19.3 Å². The maximum atomic E-state index is 13.5. The standard InChI is InChI=1S/C15H16FNO2/c1-17(14-5-3-4-6-15(14)19-2)13-8-11(10-18)7-12(16)9-13/h3-9,18H,10H2,1-2H3. The summed E-state index contributed by atoms with van der Waals surface area (Å²) in [4.78, 5) is 1.82. The molecular formula is C15H16FNO2. The van der Waals surface area contributed by atoms with Crippen molar-refractivity contribution in [3.8, 4) is 5.75 Å². The maximum Gasteiger partial charge on any atom is 0.142 e. The van der Waals surface area contributed by atoms with Crippen LogP contribution in [0.1, 0.15) is 5.56 Å². The van der Waals surface area contributed by atoms with Gasteiger partial charge in [0.1, 0.15) is 11.6 Å². The van der Waals surface area contributed by atoms with E-state index in [2.05, 4.69) is 0 Å². The number of methoxy groups -OCH3 is 1. The van der Waals surface area contributed by atoms with E-state index in [1.807, 2.05) is 36.2 Å². The Morgan fingerprint density at radius 1 is 1.21 bits per heavy atom. The zero-order valence-electron chi connectivity index (χ0n) is 10.9. The molecule has 0 saturated heterocycles. The molecule has 0 amide bonds. The van der Waals surface area contributed by atoms with Crippen molar-refractivity contribution in [1.29, 1.82) is 0 Å². The molecule has 0 aliphatic heterocycles. The third-order valence-corrected chi connectivity index (χ3v) is 2.96. The summed E-state index contributed by atoms with van der Waals surface area (Å²) >= 11 is 0. The van der Waals surface area contributed by atoms with Gasteiger partial charge in [-0.05, 0) is 35.9 Å². The highest BCUT2D eigenvalue weighted by atomic mass is 19.1. The lowest BCUT2D eigenvalue weighted by Crippen LogP contribution is -2.11. The third-order valence-electron chi connectivity index (χ3n) is 2.96. The molecule has 0 atom stereocenters. The van der Waals surface area contributed by atoms with Crippen molar-refractivity contribution in [2.24, 2.45) is 0 Å². The number of halogens is 1. The second kappa shape index (κ2) is 5.71. The molecule has 0 aliphatic rings. The third kappa shape index (κ3) is 2.85. The minimum Gasteiger partial charge on any atom is -0.495 e. The molecule has 19 heavy (non-hydrogen) atoms. The lowest BCUT2D eigenvalue weighted by atomic mass is 10.1. The van der Waals surface area contributed by atoms with Crippen LogP contribution in [0.4, 0.5) is 15.8 Å². The summed E-state index contributed by atoms with van der Waals surface area (Å²) < 4.78 is 18.8. The predicted octanol–water partition coefficient (Wildman–Crippen LogP) is 3.09. The summed E-state index contributed by atoms with van der Waals surface area (Å²) in [6, 6.07) is 12.0. The van der Waals surface area contributed by atoms with Gasteiger partial charge in [-0.3, -0.25) is 0 Å². The molecule has 0 bridgehead atoms. The molecule has 0 spiro atoms. The van der Waals surface area contributed by atoms with Crippen LogP contribution in [0.5, 0.6) is 5.75 Å². The van der Waals surface area contributed by atoms with E-state index in [9.17, 15) is 4.39 Å². The molecule has 1 N–H and O–H groups in total. The van der Waals surface area contributed by atoms with Crippen LogP contribution in [0.2, 0.25) is 0 Å². The van der Waals surface area contributed by atoms with Gasteiger partial charge in [0.25, 0.3) is 0 Å². The van der Waals surface area contributed by atoms with Gasteiger partial charge in [0.15, 0.2) is 0 Å². The molecule has 0 unspecified atom stereocenters. The molecule has 0 saturated carbocycles. The van der Waals surface area contributed by atoms with Crippen molar-refractivity contribution in [3.63, 3.8) is 0 Å². The first-order chi connectivity index (χ1) is 9.15. The number of nitrogens with zero attached hydrogens (tertiary/aromatic N) is 1. The van der Waals surface area contributed by atoms with E-state index in [1.165, 1.54) is 12.1 Å². The van der Waals surface area contributed by atoms with Crippen LogP contribution in [0, 0.1) is 5.82 Å². The fraction of sp³-hybridized carbons (Fsp3) is 0.200. The summed E-state index contributed by atoms with van der Waals surface area (Å²) in [5, 5.41) is 9.13. The first-order valence-corrected chi connectivity index (χ1v) is 5.92. The van der Waals surface area contributed by atoms with E-state index in [0.29, 0.717) is 17.0 Å². The van der Waals surface area contributed by atoms with Crippen molar-refractivity contribution in [2.75, 3.05) is 19.1 Å². The molecule has 3 nitrogen and oxygen atoms in total. The smallest absolute Gasteiger partial charge is 0.142 e. The summed E-state index contributed by atoms with van der Waals surface area (Å²) in [7, 11) is 3.42. The minimum absolute atomic E-state index is 0.190. The molecule has 0 heterocycles. The van der Waals surface area contributed by atoms with Gasteiger partial charge < -0.3 is 14.7 Å². The highest BCUT2D eigenvalue weighted by molar-refractivity contribution is 5.68. The minimum atomic E-state index is -0.372. The molecule has 4 heteroatoms. The van der Waals surface area contributed by atoms with Gasteiger partial charge in [-0.1, -0.05) is 12.1 Å². The Labute approximate surface area is 111 Å². The van der Waals surface area contributed by atoms with Gasteiger partial charge in [-0.2, -0.15) is 0 Å². The summed E-state index contributed by atoms with van der Waals surface area (Å²) in [5.74, 6) is 0.336. The van der Waals surface area contributed by atoms with Crippen molar-refractivity contribution < 1.29 is 14.2 Å². The monoisotopic (exact) mass is 261 g/mol. The zero-order chi connectivity index (χ0) is 13.8. The molecule has 2 aromatic rings. The largest absolute Gasteiger partial charge is 0.495 e. The average molecular weight is 261 g/mol. The molecule has 2 aromatic carbocycles. The van der Waals surface area contributed by atoms with Gasteiger partial charge in [-0.25, -0.2) is 4.39 Å². The Morgan fingerprint density at radius 2 is 1.95 bits per heavy atom.